The van der Waals surface area contributed by atoms with Gasteiger partial charge in [0.1, 0.15) is 5.82 Å². The summed E-state index contributed by atoms with van der Waals surface area (Å²) in [7, 11) is 0. The first kappa shape index (κ1) is 15.1. The summed E-state index contributed by atoms with van der Waals surface area (Å²) in [5.41, 5.74) is 1.79. The van der Waals surface area contributed by atoms with Crippen molar-refractivity contribution in [2.45, 2.75) is 25.9 Å². The van der Waals surface area contributed by atoms with Crippen LogP contribution < -0.4 is 5.32 Å². The van der Waals surface area contributed by atoms with Crippen molar-refractivity contribution in [2.24, 2.45) is 0 Å². The Morgan fingerprint density at radius 1 is 1.24 bits per heavy atom. The monoisotopic (exact) mass is 288 g/mol. The minimum atomic E-state index is -0.400. The summed E-state index contributed by atoms with van der Waals surface area (Å²) < 4.78 is 13.1. The Kier molecular flexibility index (Phi) is 5.00. The van der Waals surface area contributed by atoms with Crippen molar-refractivity contribution < 1.29 is 9.31 Å². The first-order chi connectivity index (χ1) is 10.1. The van der Waals surface area contributed by atoms with Gasteiger partial charge >= 0.3 is 0 Å². The van der Waals surface area contributed by atoms with E-state index in [0.717, 1.165) is 17.5 Å². The average Bonchev–Trinajstić information content (AvgIpc) is 2.48. The maximum absolute atomic E-state index is 13.1. The summed E-state index contributed by atoms with van der Waals surface area (Å²) in [4.78, 5) is 10.4. The van der Waals surface area contributed by atoms with Crippen molar-refractivity contribution in [2.75, 3.05) is 0 Å². The number of rotatable bonds is 6. The van der Waals surface area contributed by atoms with E-state index in [2.05, 4.69) is 5.32 Å². The number of non-ortho nitro benzene ring substituents is 1. The third kappa shape index (κ3) is 4.10. The van der Waals surface area contributed by atoms with Crippen molar-refractivity contribution in [1.29, 1.82) is 0 Å². The highest BCUT2D eigenvalue weighted by atomic mass is 19.1. The Bertz CT molecular complexity index is 631. The molecule has 21 heavy (non-hydrogen) atoms. The molecule has 0 amide bonds. The summed E-state index contributed by atoms with van der Waals surface area (Å²) in [6, 6.07) is 13.0. The quantitative estimate of drug-likeness (QED) is 0.646. The predicted molar refractivity (Wildman–Crippen MR) is 79.4 cm³/mol. The van der Waals surface area contributed by atoms with Crippen LogP contribution in [0.1, 0.15) is 30.5 Å². The zero-order valence-corrected chi connectivity index (χ0v) is 11.8. The molecule has 0 aliphatic carbocycles. The zero-order valence-electron chi connectivity index (χ0n) is 11.8. The molecule has 0 aliphatic heterocycles. The van der Waals surface area contributed by atoms with E-state index in [1.807, 2.05) is 19.1 Å². The van der Waals surface area contributed by atoms with Crippen LogP contribution in [0.25, 0.3) is 0 Å². The van der Waals surface area contributed by atoms with E-state index in [0.29, 0.717) is 6.54 Å². The molecule has 0 radical (unpaired) electrons. The van der Waals surface area contributed by atoms with Crippen LogP contribution in [0.15, 0.2) is 48.5 Å². The van der Waals surface area contributed by atoms with Crippen LogP contribution in [0.5, 0.6) is 0 Å². The fourth-order valence-corrected chi connectivity index (χ4v) is 2.24. The molecule has 0 bridgehead atoms. The maximum Gasteiger partial charge on any atom is 0.269 e. The fraction of sp³-hybridized carbons (Fsp3) is 0.250. The molecule has 1 unspecified atom stereocenters. The van der Waals surface area contributed by atoms with Crippen molar-refractivity contribution >= 4 is 5.69 Å². The molecule has 0 heterocycles. The van der Waals surface area contributed by atoms with Gasteiger partial charge in [-0.1, -0.05) is 31.2 Å². The van der Waals surface area contributed by atoms with Gasteiger partial charge in [-0.05, 0) is 29.7 Å². The lowest BCUT2D eigenvalue weighted by atomic mass is 10.0. The number of benzene rings is 2. The number of nitrogens with zero attached hydrogens (tertiary/aromatic N) is 1. The van der Waals surface area contributed by atoms with Crippen molar-refractivity contribution in [3.63, 3.8) is 0 Å². The van der Waals surface area contributed by atoms with Gasteiger partial charge in [-0.2, -0.15) is 0 Å². The third-order valence-electron chi connectivity index (χ3n) is 3.33. The Morgan fingerprint density at radius 2 is 2.00 bits per heavy atom. The minimum absolute atomic E-state index is 0.00633. The molecule has 4 nitrogen and oxygen atoms in total. The van der Waals surface area contributed by atoms with Gasteiger partial charge in [0.2, 0.25) is 0 Å². The molecule has 110 valence electrons. The minimum Gasteiger partial charge on any atom is -0.306 e. The van der Waals surface area contributed by atoms with E-state index in [9.17, 15) is 14.5 Å². The molecule has 5 heteroatoms. The Balaban J connectivity index is 2.09. The SMILES string of the molecule is CCC(NCc1cccc(F)c1)c1cccc([N+](=O)[O-])c1. The molecule has 0 aromatic heterocycles. The molecule has 1 atom stereocenters. The van der Waals surface area contributed by atoms with Gasteiger partial charge in [-0.15, -0.1) is 0 Å². The van der Waals surface area contributed by atoms with Gasteiger partial charge in [0.05, 0.1) is 4.92 Å². The molecule has 0 aliphatic rings. The highest BCUT2D eigenvalue weighted by Crippen LogP contribution is 2.22. The van der Waals surface area contributed by atoms with Crippen LogP contribution in [0.4, 0.5) is 10.1 Å². The van der Waals surface area contributed by atoms with Gasteiger partial charge in [0, 0.05) is 24.7 Å². The number of halogens is 1. The summed E-state index contributed by atoms with van der Waals surface area (Å²) in [6.07, 6.45) is 0.788. The van der Waals surface area contributed by atoms with E-state index in [4.69, 9.17) is 0 Å². The van der Waals surface area contributed by atoms with E-state index in [1.54, 1.807) is 18.2 Å². The first-order valence-corrected chi connectivity index (χ1v) is 6.82. The van der Waals surface area contributed by atoms with Gasteiger partial charge in [0.25, 0.3) is 5.69 Å². The van der Waals surface area contributed by atoms with Crippen LogP contribution >= 0.6 is 0 Å². The number of nitro benzene ring substituents is 1. The molecule has 0 fully saturated rings. The van der Waals surface area contributed by atoms with E-state index < -0.39 is 4.92 Å². The molecule has 2 aromatic rings. The number of hydrogen-bond donors (Lipinski definition) is 1. The van der Waals surface area contributed by atoms with E-state index in [-0.39, 0.29) is 17.5 Å². The van der Waals surface area contributed by atoms with Crippen LogP contribution in [0.3, 0.4) is 0 Å². The third-order valence-corrected chi connectivity index (χ3v) is 3.33. The average molecular weight is 288 g/mol. The molecule has 0 spiro atoms. The van der Waals surface area contributed by atoms with Gasteiger partial charge in [-0.25, -0.2) is 4.39 Å². The molecule has 1 N–H and O–H groups in total. The lowest BCUT2D eigenvalue weighted by Gasteiger charge is -2.17. The van der Waals surface area contributed by atoms with Crippen LogP contribution in [0.2, 0.25) is 0 Å². The Morgan fingerprint density at radius 3 is 2.67 bits per heavy atom. The number of nitrogens with one attached hydrogen (secondary N) is 1. The Labute approximate surface area is 122 Å². The standard InChI is InChI=1S/C16H17FN2O2/c1-2-16(13-6-4-8-15(10-13)19(20)21)18-11-12-5-3-7-14(17)9-12/h3-10,16,18H,2,11H2,1H3. The highest BCUT2D eigenvalue weighted by Gasteiger charge is 2.13. The normalized spacial score (nSPS) is 12.1. The lowest BCUT2D eigenvalue weighted by molar-refractivity contribution is -0.384. The maximum atomic E-state index is 13.1. The highest BCUT2D eigenvalue weighted by molar-refractivity contribution is 5.35. The van der Waals surface area contributed by atoms with Crippen LogP contribution in [-0.2, 0) is 6.54 Å². The largest absolute Gasteiger partial charge is 0.306 e. The zero-order chi connectivity index (χ0) is 15.2. The van der Waals surface area contributed by atoms with Crippen molar-refractivity contribution in [3.05, 3.63) is 75.6 Å². The molecular formula is C16H17FN2O2. The van der Waals surface area contributed by atoms with Gasteiger partial charge in [-0.3, -0.25) is 10.1 Å². The summed E-state index contributed by atoms with van der Waals surface area (Å²) in [5.74, 6) is -0.266. The smallest absolute Gasteiger partial charge is 0.269 e. The number of nitro groups is 1. The van der Waals surface area contributed by atoms with Gasteiger partial charge in [0.15, 0.2) is 0 Å². The molecular weight excluding hydrogens is 271 g/mol. The molecule has 0 saturated heterocycles. The van der Waals surface area contributed by atoms with Crippen molar-refractivity contribution in [3.8, 4) is 0 Å². The summed E-state index contributed by atoms with van der Waals surface area (Å²) >= 11 is 0. The predicted octanol–water partition coefficient (Wildman–Crippen LogP) is 3.97. The second kappa shape index (κ2) is 6.95. The second-order valence-corrected chi connectivity index (χ2v) is 4.82. The van der Waals surface area contributed by atoms with Crippen LogP contribution in [-0.4, -0.2) is 4.92 Å². The van der Waals surface area contributed by atoms with E-state index in [1.165, 1.54) is 18.2 Å². The lowest BCUT2D eigenvalue weighted by Crippen LogP contribution is -2.20. The van der Waals surface area contributed by atoms with Crippen molar-refractivity contribution in [1.82, 2.24) is 5.32 Å². The summed E-state index contributed by atoms with van der Waals surface area (Å²) in [5, 5.41) is 14.1. The Hall–Kier alpha value is -2.27. The van der Waals surface area contributed by atoms with Crippen LogP contribution in [0, 0.1) is 15.9 Å². The molecule has 2 rings (SSSR count). The topological polar surface area (TPSA) is 55.2 Å². The number of hydrogen-bond acceptors (Lipinski definition) is 3. The second-order valence-electron chi connectivity index (χ2n) is 4.82. The molecule has 0 saturated carbocycles. The van der Waals surface area contributed by atoms with Gasteiger partial charge < -0.3 is 5.32 Å². The first-order valence-electron chi connectivity index (χ1n) is 6.82. The summed E-state index contributed by atoms with van der Waals surface area (Å²) in [6.45, 7) is 2.51. The molecule has 2 aromatic carbocycles. The van der Waals surface area contributed by atoms with E-state index >= 15 is 0 Å². The fourth-order valence-electron chi connectivity index (χ4n) is 2.24.